The number of para-hydroxylation sites is 2. The van der Waals surface area contributed by atoms with Crippen LogP contribution in [-0.4, -0.2) is 41.9 Å². The Kier molecular flexibility index (Phi) is 5.19. The van der Waals surface area contributed by atoms with Gasteiger partial charge in [-0.05, 0) is 29.4 Å². The summed E-state index contributed by atoms with van der Waals surface area (Å²) in [5.41, 5.74) is 0.426. The number of halogens is 2. The van der Waals surface area contributed by atoms with Gasteiger partial charge >= 0.3 is 0 Å². The largest absolute Gasteiger partial charge is 0.470 e. The van der Waals surface area contributed by atoms with Gasteiger partial charge in [-0.3, -0.25) is 0 Å². The van der Waals surface area contributed by atoms with E-state index in [1.54, 1.807) is 18.2 Å². The van der Waals surface area contributed by atoms with E-state index in [2.05, 4.69) is 20.3 Å². The minimum Gasteiger partial charge on any atom is -0.470 e. The first-order chi connectivity index (χ1) is 17.3. The molecule has 0 saturated heterocycles. The van der Waals surface area contributed by atoms with Crippen LogP contribution in [0.2, 0.25) is 5.02 Å². The molecule has 4 rings (SSSR count). The number of oxime groups is 2. The molecule has 0 saturated carbocycles. The summed E-state index contributed by atoms with van der Waals surface area (Å²) in [6.07, 6.45) is 0.947. The van der Waals surface area contributed by atoms with Crippen molar-refractivity contribution in [3.63, 3.8) is 0 Å². The molecule has 164 valence electrons. The van der Waals surface area contributed by atoms with Crippen molar-refractivity contribution in [2.75, 3.05) is 20.3 Å². The fourth-order valence-corrected chi connectivity index (χ4v) is 2.63. The number of hydrogen-bond donors (Lipinski definition) is 0. The molecule has 0 atom stereocenters. The molecular weight excluding hydrogens is 443 g/mol. The van der Waals surface area contributed by atoms with Gasteiger partial charge in [-0.15, -0.1) is 0 Å². The first-order valence-electron chi connectivity index (χ1n) is 11.0. The zero-order valence-electron chi connectivity index (χ0n) is 20.4. The molecule has 0 spiro atoms. The van der Waals surface area contributed by atoms with Gasteiger partial charge in [0.05, 0.1) is 16.1 Å². The average Bonchev–Trinajstić information content (AvgIpc) is 2.90. The number of nitrogens with zero attached hydrogens (tertiary/aromatic N) is 4. The Morgan fingerprint density at radius 1 is 1.12 bits per heavy atom. The smallest absolute Gasteiger partial charge is 0.280 e. The van der Waals surface area contributed by atoms with E-state index in [0.29, 0.717) is 5.56 Å². The van der Waals surface area contributed by atoms with Gasteiger partial charge in [-0.2, -0.15) is 14.4 Å². The molecule has 0 aliphatic carbocycles. The van der Waals surface area contributed by atoms with E-state index in [9.17, 15) is 0 Å². The van der Waals surface area contributed by atoms with Gasteiger partial charge < -0.3 is 23.9 Å². The van der Waals surface area contributed by atoms with E-state index >= 15 is 4.39 Å². The van der Waals surface area contributed by atoms with Gasteiger partial charge in [0.1, 0.15) is 31.5 Å². The summed E-state index contributed by atoms with van der Waals surface area (Å²) >= 11 is 6.02. The molecule has 1 aliphatic heterocycles. The summed E-state index contributed by atoms with van der Waals surface area (Å²) in [4.78, 5) is 17.4. The highest BCUT2D eigenvalue weighted by molar-refractivity contribution is 6.45. The summed E-state index contributed by atoms with van der Waals surface area (Å²) in [6, 6.07) is 4.08. The second-order valence-electron chi connectivity index (χ2n) is 5.84. The summed E-state index contributed by atoms with van der Waals surface area (Å²) in [5, 5.41) is 7.30. The first-order valence-corrected chi connectivity index (χ1v) is 9.37. The lowest BCUT2D eigenvalue weighted by molar-refractivity contribution is 0.0672. The average molecular weight is 463 g/mol. The molecule has 32 heavy (non-hydrogen) atoms. The summed E-state index contributed by atoms with van der Waals surface area (Å²) < 4.78 is 63.0. The van der Waals surface area contributed by atoms with Crippen molar-refractivity contribution in [1.29, 1.82) is 0 Å². The Bertz CT molecular complexity index is 1350. The number of ether oxygens (including phenoxy) is 3. The van der Waals surface area contributed by atoms with Crippen molar-refractivity contribution in [3.8, 4) is 23.3 Å². The zero-order valence-corrected chi connectivity index (χ0v) is 17.1. The molecule has 0 unspecified atom stereocenters. The van der Waals surface area contributed by atoms with Gasteiger partial charge in [-0.1, -0.05) is 41.0 Å². The van der Waals surface area contributed by atoms with Crippen LogP contribution in [0.3, 0.4) is 0 Å². The highest BCUT2D eigenvalue weighted by Gasteiger charge is 2.24. The molecule has 9 nitrogen and oxygen atoms in total. The molecule has 1 aliphatic rings. The van der Waals surface area contributed by atoms with Gasteiger partial charge in [-0.25, -0.2) is 0 Å². The van der Waals surface area contributed by atoms with Crippen LogP contribution in [0, 0.1) is 5.82 Å². The molecule has 11 heteroatoms. The quantitative estimate of drug-likeness (QED) is 0.375. The number of hydrogen-bond acceptors (Lipinski definition) is 9. The van der Waals surface area contributed by atoms with Crippen molar-refractivity contribution in [1.82, 2.24) is 9.97 Å². The van der Waals surface area contributed by atoms with Gasteiger partial charge in [0.15, 0.2) is 12.3 Å². The first kappa shape index (κ1) is 16.7. The fourth-order valence-electron chi connectivity index (χ4n) is 2.50. The number of rotatable bonds is 7. The minimum atomic E-state index is -1.16. The van der Waals surface area contributed by atoms with Crippen molar-refractivity contribution in [2.24, 2.45) is 10.3 Å². The van der Waals surface area contributed by atoms with E-state index in [0.717, 1.165) is 6.33 Å². The Morgan fingerprint density at radius 2 is 1.88 bits per heavy atom. The Hall–Kier alpha value is -3.92. The fraction of sp³-hybridized carbons (Fsp3) is 0.143. The maximum Gasteiger partial charge on any atom is 0.280 e. The van der Waals surface area contributed by atoms with E-state index in [-0.39, 0.29) is 30.6 Å². The van der Waals surface area contributed by atoms with Crippen LogP contribution in [0.1, 0.15) is 11.0 Å². The van der Waals surface area contributed by atoms with Crippen molar-refractivity contribution in [3.05, 3.63) is 71.2 Å². The van der Waals surface area contributed by atoms with E-state index in [1.165, 1.54) is 13.2 Å². The van der Waals surface area contributed by atoms with Crippen LogP contribution in [0.5, 0.6) is 23.3 Å². The monoisotopic (exact) mass is 462 g/mol. The van der Waals surface area contributed by atoms with Crippen LogP contribution in [0.25, 0.3) is 0 Å². The maximum atomic E-state index is 15.3. The summed E-state index contributed by atoms with van der Waals surface area (Å²) in [6.45, 7) is 0.489. The van der Waals surface area contributed by atoms with Crippen LogP contribution in [-0.2, 0) is 14.4 Å². The second-order valence-corrected chi connectivity index (χ2v) is 6.22. The van der Waals surface area contributed by atoms with E-state index in [1.807, 2.05) is 0 Å². The molecule has 2 aromatic carbocycles. The van der Waals surface area contributed by atoms with Gasteiger partial charge in [0, 0.05) is 0 Å². The SMILES string of the molecule is [2H]c1c([2H])c([2H])c(Oc2ncnc(Oc3ccccc3/C(=N\OC)C3=NOCCO3)c2F)c(Cl)c1[2H]. The van der Waals surface area contributed by atoms with Crippen molar-refractivity contribution >= 4 is 23.2 Å². The molecule has 0 N–H and O–H groups in total. The summed E-state index contributed by atoms with van der Waals surface area (Å²) in [5.74, 6) is -2.77. The lowest BCUT2D eigenvalue weighted by atomic mass is 10.1. The molecule has 1 aromatic heterocycles. The standard InChI is InChI=1S/C21H16ClFN4O5/c1-28-26-18(21-27-30-11-10-29-21)13-6-2-4-8-15(13)31-19-17(23)20(25-12-24-19)32-16-9-5-3-7-14(16)22/h2-9,12H,10-11H2,1H3/b26-18+/i3D,5D,7D,9D. The van der Waals surface area contributed by atoms with Gasteiger partial charge in [0.2, 0.25) is 5.82 Å². The Balaban J connectivity index is 1.70. The molecule has 0 amide bonds. The van der Waals surface area contributed by atoms with Crippen LogP contribution in [0.15, 0.2) is 65.1 Å². The second kappa shape index (κ2) is 9.92. The van der Waals surface area contributed by atoms with E-state index in [4.69, 9.17) is 41.0 Å². The normalized spacial score (nSPS) is 15.2. The number of aromatic nitrogens is 2. The third kappa shape index (κ3) is 4.70. The third-order valence-corrected chi connectivity index (χ3v) is 4.10. The highest BCUT2D eigenvalue weighted by atomic mass is 35.5. The minimum absolute atomic E-state index is 0.0270. The lowest BCUT2D eigenvalue weighted by Gasteiger charge is -2.17. The molecule has 2 heterocycles. The Labute approximate surface area is 192 Å². The molecule has 3 aromatic rings. The predicted octanol–water partition coefficient (Wildman–Crippen LogP) is 4.56. The molecule has 0 fully saturated rings. The van der Waals surface area contributed by atoms with Crippen molar-refractivity contribution < 1.29 is 33.8 Å². The van der Waals surface area contributed by atoms with Crippen molar-refractivity contribution in [2.45, 2.75) is 0 Å². The third-order valence-electron chi connectivity index (χ3n) is 3.83. The predicted molar refractivity (Wildman–Crippen MR) is 113 cm³/mol. The van der Waals surface area contributed by atoms with Crippen LogP contribution >= 0.6 is 11.6 Å². The van der Waals surface area contributed by atoms with Crippen LogP contribution < -0.4 is 9.47 Å². The number of benzene rings is 2. The maximum absolute atomic E-state index is 15.3. The molecule has 0 radical (unpaired) electrons. The lowest BCUT2D eigenvalue weighted by Crippen LogP contribution is -2.25. The highest BCUT2D eigenvalue weighted by Crippen LogP contribution is 2.33. The Morgan fingerprint density at radius 3 is 2.62 bits per heavy atom. The summed E-state index contributed by atoms with van der Waals surface area (Å²) in [7, 11) is 1.32. The van der Waals surface area contributed by atoms with Crippen LogP contribution in [0.4, 0.5) is 4.39 Å². The molecular formula is C21H16ClFN4O5. The van der Waals surface area contributed by atoms with E-state index < -0.39 is 52.5 Å². The molecule has 0 bridgehead atoms. The zero-order chi connectivity index (χ0) is 25.8. The topological polar surface area (TPSA) is 96.7 Å². The van der Waals surface area contributed by atoms with Gasteiger partial charge in [0.25, 0.3) is 17.7 Å².